The molecule has 24 heavy (non-hydrogen) atoms. The second-order valence-electron chi connectivity index (χ2n) is 4.77. The van der Waals surface area contributed by atoms with Crippen molar-refractivity contribution < 1.29 is 14.5 Å². The average molecular weight is 327 g/mol. The highest BCUT2D eigenvalue weighted by Gasteiger charge is 2.10. The van der Waals surface area contributed by atoms with Crippen molar-refractivity contribution >= 4 is 17.7 Å². The number of hydrogen-bond acceptors (Lipinski definition) is 5. The van der Waals surface area contributed by atoms with Crippen molar-refractivity contribution in [1.82, 2.24) is 10.3 Å². The highest BCUT2D eigenvalue weighted by atomic mass is 16.6. The highest BCUT2D eigenvalue weighted by molar-refractivity contribution is 5.92. The van der Waals surface area contributed by atoms with Crippen LogP contribution in [0.2, 0.25) is 0 Å². The molecule has 0 aliphatic carbocycles. The average Bonchev–Trinajstić information content (AvgIpc) is 2.59. The van der Waals surface area contributed by atoms with Gasteiger partial charge in [0.25, 0.3) is 5.69 Å². The second-order valence-corrected chi connectivity index (χ2v) is 4.77. The molecule has 7 nitrogen and oxygen atoms in total. The van der Waals surface area contributed by atoms with Gasteiger partial charge < -0.3 is 10.1 Å². The van der Waals surface area contributed by atoms with Gasteiger partial charge >= 0.3 is 0 Å². The Morgan fingerprint density at radius 1 is 1.33 bits per heavy atom. The molecule has 0 bridgehead atoms. The largest absolute Gasteiger partial charge is 0.478 e. The molecule has 0 saturated heterocycles. The molecule has 2 rings (SSSR count). The Kier molecular flexibility index (Phi) is 6.01. The summed E-state index contributed by atoms with van der Waals surface area (Å²) in [6.07, 6.45) is 4.30. The van der Waals surface area contributed by atoms with Crippen LogP contribution < -0.4 is 10.1 Å². The number of nitro groups is 1. The molecule has 0 spiro atoms. The van der Waals surface area contributed by atoms with E-state index in [0.29, 0.717) is 18.1 Å². The summed E-state index contributed by atoms with van der Waals surface area (Å²) < 4.78 is 5.39. The van der Waals surface area contributed by atoms with E-state index in [0.717, 1.165) is 5.56 Å². The van der Waals surface area contributed by atoms with Gasteiger partial charge in [-0.05, 0) is 25.1 Å². The van der Waals surface area contributed by atoms with Gasteiger partial charge in [-0.15, -0.1) is 0 Å². The smallest absolute Gasteiger partial charge is 0.276 e. The van der Waals surface area contributed by atoms with Crippen LogP contribution in [0.3, 0.4) is 0 Å². The number of rotatable bonds is 7. The van der Waals surface area contributed by atoms with Crippen molar-refractivity contribution in [2.24, 2.45) is 0 Å². The third-order valence-corrected chi connectivity index (χ3v) is 3.13. The van der Waals surface area contributed by atoms with Crippen molar-refractivity contribution in [3.63, 3.8) is 0 Å². The van der Waals surface area contributed by atoms with E-state index in [4.69, 9.17) is 4.74 Å². The van der Waals surface area contributed by atoms with Crippen molar-refractivity contribution in [2.45, 2.75) is 13.5 Å². The third-order valence-electron chi connectivity index (χ3n) is 3.13. The van der Waals surface area contributed by atoms with Gasteiger partial charge in [-0.1, -0.05) is 18.2 Å². The lowest BCUT2D eigenvalue weighted by molar-refractivity contribution is -0.385. The molecule has 0 aliphatic heterocycles. The lowest BCUT2D eigenvalue weighted by Gasteiger charge is -2.08. The Morgan fingerprint density at radius 3 is 2.88 bits per heavy atom. The molecule has 1 N–H and O–H groups in total. The summed E-state index contributed by atoms with van der Waals surface area (Å²) >= 11 is 0. The van der Waals surface area contributed by atoms with E-state index < -0.39 is 4.92 Å². The molecule has 1 aromatic carbocycles. The first kappa shape index (κ1) is 17.1. The summed E-state index contributed by atoms with van der Waals surface area (Å²) in [4.78, 5) is 26.5. The normalized spacial score (nSPS) is 10.5. The van der Waals surface area contributed by atoms with Crippen molar-refractivity contribution in [2.75, 3.05) is 6.61 Å². The Balaban J connectivity index is 2.01. The van der Waals surface area contributed by atoms with Crippen LogP contribution in [0.1, 0.15) is 18.1 Å². The standard InChI is InChI=1S/C17H17N3O4/c1-2-24-17-14(7-5-11-18-17)12-19-16(21)10-9-13-6-3-4-8-15(13)20(22)23/h3-11H,2,12H2,1H3,(H,19,21). The number of benzene rings is 1. The maximum absolute atomic E-state index is 11.9. The molecule has 0 aliphatic rings. The van der Waals surface area contributed by atoms with Crippen LogP contribution in [0, 0.1) is 10.1 Å². The minimum absolute atomic E-state index is 0.0487. The molecule has 1 aromatic heterocycles. The van der Waals surface area contributed by atoms with E-state index >= 15 is 0 Å². The zero-order valence-electron chi connectivity index (χ0n) is 13.1. The molecular weight excluding hydrogens is 310 g/mol. The van der Waals surface area contributed by atoms with Gasteiger partial charge in [-0.3, -0.25) is 14.9 Å². The monoisotopic (exact) mass is 327 g/mol. The van der Waals surface area contributed by atoms with E-state index in [1.165, 1.54) is 18.2 Å². The zero-order valence-corrected chi connectivity index (χ0v) is 13.1. The fourth-order valence-corrected chi connectivity index (χ4v) is 2.03. The van der Waals surface area contributed by atoms with Crippen LogP contribution in [0.15, 0.2) is 48.7 Å². The fourth-order valence-electron chi connectivity index (χ4n) is 2.03. The molecule has 2 aromatic rings. The number of nitrogens with zero attached hydrogens (tertiary/aromatic N) is 2. The Labute approximate surface area is 139 Å². The van der Waals surface area contributed by atoms with Gasteiger partial charge in [0, 0.05) is 30.4 Å². The Hall–Kier alpha value is -3.22. The molecule has 0 fully saturated rings. The van der Waals surface area contributed by atoms with Gasteiger partial charge in [-0.25, -0.2) is 4.98 Å². The first-order valence-electron chi connectivity index (χ1n) is 7.38. The maximum atomic E-state index is 11.9. The molecule has 124 valence electrons. The van der Waals surface area contributed by atoms with Crippen molar-refractivity contribution in [3.05, 3.63) is 69.9 Å². The zero-order chi connectivity index (χ0) is 17.4. The molecule has 0 saturated carbocycles. The van der Waals surface area contributed by atoms with Gasteiger partial charge in [0.15, 0.2) is 0 Å². The molecule has 7 heteroatoms. The van der Waals surface area contributed by atoms with Gasteiger partial charge in [0.1, 0.15) is 0 Å². The number of nitro benzene ring substituents is 1. The van der Waals surface area contributed by atoms with Crippen LogP contribution >= 0.6 is 0 Å². The van der Waals surface area contributed by atoms with Crippen molar-refractivity contribution in [3.8, 4) is 5.88 Å². The molecule has 0 atom stereocenters. The highest BCUT2D eigenvalue weighted by Crippen LogP contribution is 2.19. The van der Waals surface area contributed by atoms with E-state index in [1.54, 1.807) is 30.5 Å². The lowest BCUT2D eigenvalue weighted by Crippen LogP contribution is -2.20. The summed E-state index contributed by atoms with van der Waals surface area (Å²) in [5.74, 6) is 0.113. The second kappa shape index (κ2) is 8.42. The summed E-state index contributed by atoms with van der Waals surface area (Å²) in [6, 6.07) is 9.79. The molecule has 1 amide bonds. The number of aromatic nitrogens is 1. The van der Waals surface area contributed by atoms with E-state index in [1.807, 2.05) is 13.0 Å². The Bertz CT molecular complexity index is 759. The SMILES string of the molecule is CCOc1ncccc1CNC(=O)C=Cc1ccccc1[N+](=O)[O-]. The maximum Gasteiger partial charge on any atom is 0.276 e. The molecule has 1 heterocycles. The predicted octanol–water partition coefficient (Wildman–Crippen LogP) is 2.72. The van der Waals surface area contributed by atoms with Crippen LogP contribution in [-0.4, -0.2) is 22.4 Å². The van der Waals surface area contributed by atoms with Crippen LogP contribution in [0.25, 0.3) is 6.08 Å². The first-order chi connectivity index (χ1) is 11.6. The quantitative estimate of drug-likeness (QED) is 0.479. The minimum Gasteiger partial charge on any atom is -0.478 e. The third kappa shape index (κ3) is 4.64. The topological polar surface area (TPSA) is 94.4 Å². The van der Waals surface area contributed by atoms with E-state index in [-0.39, 0.29) is 18.1 Å². The number of amides is 1. The first-order valence-corrected chi connectivity index (χ1v) is 7.38. The van der Waals surface area contributed by atoms with E-state index in [2.05, 4.69) is 10.3 Å². The van der Waals surface area contributed by atoms with Gasteiger partial charge in [0.2, 0.25) is 11.8 Å². The number of para-hydroxylation sites is 1. The molecule has 0 unspecified atom stereocenters. The fraction of sp³-hybridized carbons (Fsp3) is 0.176. The Morgan fingerprint density at radius 2 is 2.12 bits per heavy atom. The number of carbonyl (C=O) groups is 1. The number of carbonyl (C=O) groups excluding carboxylic acids is 1. The summed E-state index contributed by atoms with van der Waals surface area (Å²) in [6.45, 7) is 2.59. The molecule has 0 radical (unpaired) electrons. The van der Waals surface area contributed by atoms with E-state index in [9.17, 15) is 14.9 Å². The number of ether oxygens (including phenoxy) is 1. The predicted molar refractivity (Wildman–Crippen MR) is 89.4 cm³/mol. The summed E-state index contributed by atoms with van der Waals surface area (Å²) in [5.41, 5.74) is 1.08. The van der Waals surface area contributed by atoms with Crippen molar-refractivity contribution in [1.29, 1.82) is 0 Å². The summed E-state index contributed by atoms with van der Waals surface area (Å²) in [5, 5.41) is 13.6. The minimum atomic E-state index is -0.485. The van der Waals surface area contributed by atoms with Gasteiger partial charge in [0.05, 0.1) is 17.1 Å². The lowest BCUT2D eigenvalue weighted by atomic mass is 10.1. The summed E-state index contributed by atoms with van der Waals surface area (Å²) in [7, 11) is 0. The number of pyridine rings is 1. The van der Waals surface area contributed by atoms with Gasteiger partial charge in [-0.2, -0.15) is 0 Å². The number of nitrogens with one attached hydrogen (secondary N) is 1. The molecular formula is C17H17N3O4. The van der Waals surface area contributed by atoms with Crippen LogP contribution in [0.4, 0.5) is 5.69 Å². The van der Waals surface area contributed by atoms with Crippen LogP contribution in [-0.2, 0) is 11.3 Å². The van der Waals surface area contributed by atoms with Crippen LogP contribution in [0.5, 0.6) is 5.88 Å². The number of hydrogen-bond donors (Lipinski definition) is 1.